The molecule has 0 unspecified atom stereocenters. The van der Waals surface area contributed by atoms with Crippen molar-refractivity contribution in [2.45, 2.75) is 6.42 Å². The zero-order chi connectivity index (χ0) is 11.5. The van der Waals surface area contributed by atoms with Crippen molar-refractivity contribution in [3.63, 3.8) is 0 Å². The standard InChI is InChI=1S/C10H8FN3O2/c11-7-1-3-8(4-2-7)14-9(5-10(15)16)12-6-13-14/h1-4,6H,5H2,(H,15,16). The number of aliphatic carboxylic acids is 1. The van der Waals surface area contributed by atoms with Gasteiger partial charge in [-0.3, -0.25) is 4.79 Å². The molecular weight excluding hydrogens is 213 g/mol. The third-order valence-electron chi connectivity index (χ3n) is 2.00. The number of aromatic nitrogens is 3. The van der Waals surface area contributed by atoms with Crippen molar-refractivity contribution in [1.82, 2.24) is 14.8 Å². The van der Waals surface area contributed by atoms with E-state index in [4.69, 9.17) is 5.11 Å². The van der Waals surface area contributed by atoms with Crippen molar-refractivity contribution < 1.29 is 14.3 Å². The zero-order valence-corrected chi connectivity index (χ0v) is 8.17. The maximum Gasteiger partial charge on any atom is 0.311 e. The van der Waals surface area contributed by atoms with Crippen molar-refractivity contribution in [2.24, 2.45) is 0 Å². The minimum absolute atomic E-state index is 0.225. The first-order valence-electron chi connectivity index (χ1n) is 4.53. The maximum atomic E-state index is 12.7. The van der Waals surface area contributed by atoms with Crippen LogP contribution in [0.3, 0.4) is 0 Å². The second kappa shape index (κ2) is 4.09. The van der Waals surface area contributed by atoms with Crippen LogP contribution in [0.1, 0.15) is 5.82 Å². The van der Waals surface area contributed by atoms with E-state index in [-0.39, 0.29) is 12.2 Å². The Bertz CT molecular complexity index is 507. The van der Waals surface area contributed by atoms with E-state index in [1.54, 1.807) is 0 Å². The lowest BCUT2D eigenvalue weighted by molar-refractivity contribution is -0.136. The first-order valence-corrected chi connectivity index (χ1v) is 4.53. The van der Waals surface area contributed by atoms with Gasteiger partial charge in [0.15, 0.2) is 0 Å². The molecule has 1 aromatic heterocycles. The highest BCUT2D eigenvalue weighted by Crippen LogP contribution is 2.09. The van der Waals surface area contributed by atoms with Crippen LogP contribution in [0.5, 0.6) is 0 Å². The molecule has 0 atom stereocenters. The summed E-state index contributed by atoms with van der Waals surface area (Å²) in [5.74, 6) is -1.04. The van der Waals surface area contributed by atoms with Crippen molar-refractivity contribution in [1.29, 1.82) is 0 Å². The molecule has 0 aliphatic rings. The summed E-state index contributed by atoms with van der Waals surface area (Å²) >= 11 is 0. The lowest BCUT2D eigenvalue weighted by Gasteiger charge is -2.03. The molecule has 0 radical (unpaired) electrons. The molecule has 16 heavy (non-hydrogen) atoms. The third-order valence-corrected chi connectivity index (χ3v) is 2.00. The average molecular weight is 221 g/mol. The second-order valence-corrected chi connectivity index (χ2v) is 3.14. The van der Waals surface area contributed by atoms with Gasteiger partial charge in [0, 0.05) is 0 Å². The van der Waals surface area contributed by atoms with Crippen LogP contribution in [0.2, 0.25) is 0 Å². The van der Waals surface area contributed by atoms with Gasteiger partial charge in [-0.15, -0.1) is 0 Å². The fraction of sp³-hybridized carbons (Fsp3) is 0.100. The van der Waals surface area contributed by atoms with Crippen LogP contribution in [-0.4, -0.2) is 25.8 Å². The molecule has 6 heteroatoms. The number of hydrogen-bond acceptors (Lipinski definition) is 3. The Morgan fingerprint density at radius 1 is 1.38 bits per heavy atom. The minimum atomic E-state index is -0.989. The van der Waals surface area contributed by atoms with Crippen molar-refractivity contribution in [2.75, 3.05) is 0 Å². The first kappa shape index (κ1) is 10.3. The van der Waals surface area contributed by atoms with Gasteiger partial charge >= 0.3 is 5.97 Å². The Balaban J connectivity index is 2.36. The van der Waals surface area contributed by atoms with Crippen LogP contribution in [0.4, 0.5) is 4.39 Å². The highest BCUT2D eigenvalue weighted by molar-refractivity contribution is 5.69. The van der Waals surface area contributed by atoms with E-state index in [9.17, 15) is 9.18 Å². The summed E-state index contributed by atoms with van der Waals surface area (Å²) in [6, 6.07) is 5.58. The molecule has 0 fully saturated rings. The van der Waals surface area contributed by atoms with Gasteiger partial charge in [0.25, 0.3) is 0 Å². The summed E-state index contributed by atoms with van der Waals surface area (Å²) in [4.78, 5) is 14.4. The summed E-state index contributed by atoms with van der Waals surface area (Å²) < 4.78 is 14.1. The SMILES string of the molecule is O=C(O)Cc1ncnn1-c1ccc(F)cc1. The van der Waals surface area contributed by atoms with E-state index in [0.29, 0.717) is 11.5 Å². The van der Waals surface area contributed by atoms with Gasteiger partial charge in [0.1, 0.15) is 24.4 Å². The largest absolute Gasteiger partial charge is 0.481 e. The molecular formula is C10H8FN3O2. The zero-order valence-electron chi connectivity index (χ0n) is 8.17. The van der Waals surface area contributed by atoms with E-state index in [1.165, 1.54) is 35.3 Å². The molecule has 1 N–H and O–H groups in total. The molecule has 0 saturated carbocycles. The number of carbonyl (C=O) groups is 1. The van der Waals surface area contributed by atoms with Crippen LogP contribution in [0.15, 0.2) is 30.6 Å². The first-order chi connectivity index (χ1) is 7.66. The molecule has 0 amide bonds. The van der Waals surface area contributed by atoms with E-state index in [0.717, 1.165) is 0 Å². The van der Waals surface area contributed by atoms with Gasteiger partial charge in [-0.2, -0.15) is 5.10 Å². The molecule has 2 rings (SSSR count). The third kappa shape index (κ3) is 2.05. The number of carboxylic acid groups (broad SMARTS) is 1. The number of halogens is 1. The van der Waals surface area contributed by atoms with Crippen molar-refractivity contribution in [3.8, 4) is 5.69 Å². The number of carboxylic acids is 1. The summed E-state index contributed by atoms with van der Waals surface area (Å²) in [5.41, 5.74) is 0.579. The molecule has 2 aromatic rings. The molecule has 1 aromatic carbocycles. The maximum absolute atomic E-state index is 12.7. The molecule has 1 heterocycles. The summed E-state index contributed by atoms with van der Waals surface area (Å²) in [6.07, 6.45) is 1.04. The van der Waals surface area contributed by atoms with Crippen LogP contribution >= 0.6 is 0 Å². The lowest BCUT2D eigenvalue weighted by atomic mass is 10.3. The Morgan fingerprint density at radius 2 is 2.06 bits per heavy atom. The second-order valence-electron chi connectivity index (χ2n) is 3.14. The molecule has 0 spiro atoms. The quantitative estimate of drug-likeness (QED) is 0.840. The predicted molar refractivity (Wildman–Crippen MR) is 52.7 cm³/mol. The fourth-order valence-electron chi connectivity index (χ4n) is 1.32. The highest BCUT2D eigenvalue weighted by Gasteiger charge is 2.10. The van der Waals surface area contributed by atoms with E-state index < -0.39 is 5.97 Å². The number of nitrogens with zero attached hydrogens (tertiary/aromatic N) is 3. The Kier molecular flexibility index (Phi) is 2.63. The van der Waals surface area contributed by atoms with Crippen LogP contribution in [0, 0.1) is 5.82 Å². The minimum Gasteiger partial charge on any atom is -0.481 e. The Morgan fingerprint density at radius 3 is 2.69 bits per heavy atom. The van der Waals surface area contributed by atoms with Gasteiger partial charge < -0.3 is 5.11 Å². The van der Waals surface area contributed by atoms with Crippen LogP contribution in [0.25, 0.3) is 5.69 Å². The summed E-state index contributed by atoms with van der Waals surface area (Å²) in [7, 11) is 0. The van der Waals surface area contributed by atoms with E-state index >= 15 is 0 Å². The molecule has 0 saturated heterocycles. The number of hydrogen-bond donors (Lipinski definition) is 1. The highest BCUT2D eigenvalue weighted by atomic mass is 19.1. The molecule has 0 aliphatic heterocycles. The summed E-state index contributed by atoms with van der Waals surface area (Å²) in [5, 5.41) is 12.5. The Labute approximate surface area is 90.2 Å². The monoisotopic (exact) mass is 221 g/mol. The van der Waals surface area contributed by atoms with Crippen LogP contribution in [-0.2, 0) is 11.2 Å². The summed E-state index contributed by atoms with van der Waals surface area (Å²) in [6.45, 7) is 0. The van der Waals surface area contributed by atoms with Crippen LogP contribution < -0.4 is 0 Å². The molecule has 0 aliphatic carbocycles. The van der Waals surface area contributed by atoms with E-state index in [2.05, 4.69) is 10.1 Å². The number of rotatable bonds is 3. The van der Waals surface area contributed by atoms with Gasteiger partial charge in [-0.25, -0.2) is 14.1 Å². The fourth-order valence-corrected chi connectivity index (χ4v) is 1.32. The van der Waals surface area contributed by atoms with Gasteiger partial charge in [0.2, 0.25) is 0 Å². The van der Waals surface area contributed by atoms with Crippen molar-refractivity contribution in [3.05, 3.63) is 42.2 Å². The lowest BCUT2D eigenvalue weighted by Crippen LogP contribution is -2.09. The van der Waals surface area contributed by atoms with Crippen molar-refractivity contribution >= 4 is 5.97 Å². The predicted octanol–water partition coefficient (Wildman–Crippen LogP) is 1.03. The Hall–Kier alpha value is -2.24. The average Bonchev–Trinajstić information content (AvgIpc) is 2.66. The topological polar surface area (TPSA) is 68.0 Å². The smallest absolute Gasteiger partial charge is 0.311 e. The van der Waals surface area contributed by atoms with Gasteiger partial charge in [0.05, 0.1) is 5.69 Å². The van der Waals surface area contributed by atoms with Gasteiger partial charge in [-0.05, 0) is 24.3 Å². The number of benzene rings is 1. The molecule has 5 nitrogen and oxygen atoms in total. The van der Waals surface area contributed by atoms with E-state index in [1.807, 2.05) is 0 Å². The molecule has 82 valence electrons. The normalized spacial score (nSPS) is 10.3. The molecule has 0 bridgehead atoms. The van der Waals surface area contributed by atoms with Gasteiger partial charge in [-0.1, -0.05) is 0 Å².